The van der Waals surface area contributed by atoms with Crippen LogP contribution < -0.4 is 5.32 Å². The standard InChI is InChI=1S/C30H27N5O2/c1-20-32-33-30(37-20)27-19-28(23-15-16-23)35(34-27)25-14-8-13-24(18-25)29(36)31-26(22-11-6-3-7-12-22)17-21-9-4-2-5-10-21/h2-14,18-19,23,26H,15-17H2,1H3,(H,31,36)/t26-/m0/s1. The highest BCUT2D eigenvalue weighted by Crippen LogP contribution is 2.42. The minimum absolute atomic E-state index is 0.125. The highest BCUT2D eigenvalue weighted by Gasteiger charge is 2.30. The maximum absolute atomic E-state index is 13.5. The molecular formula is C30H27N5O2. The molecule has 0 unspecified atom stereocenters. The number of aryl methyl sites for hydroxylation is 1. The minimum atomic E-state index is -0.154. The Morgan fingerprint density at radius 1 is 0.973 bits per heavy atom. The monoisotopic (exact) mass is 489 g/mol. The van der Waals surface area contributed by atoms with Gasteiger partial charge >= 0.3 is 0 Å². The van der Waals surface area contributed by atoms with E-state index in [0.717, 1.165) is 29.8 Å². The van der Waals surface area contributed by atoms with Crippen LogP contribution in [0.3, 0.4) is 0 Å². The first-order chi connectivity index (χ1) is 18.1. The molecule has 5 aromatic rings. The summed E-state index contributed by atoms with van der Waals surface area (Å²) in [5, 5.41) is 16.1. The molecule has 37 heavy (non-hydrogen) atoms. The van der Waals surface area contributed by atoms with E-state index in [-0.39, 0.29) is 11.9 Å². The second-order valence-corrected chi connectivity index (χ2v) is 9.44. The number of benzene rings is 3. The molecule has 0 bridgehead atoms. The Bertz CT molecular complexity index is 1520. The van der Waals surface area contributed by atoms with Gasteiger partial charge in [-0.1, -0.05) is 66.7 Å². The molecule has 0 spiro atoms. The molecule has 2 aromatic heterocycles. The molecule has 1 atom stereocenters. The third-order valence-electron chi connectivity index (χ3n) is 6.62. The largest absolute Gasteiger partial charge is 0.420 e. The Hall–Kier alpha value is -4.52. The lowest BCUT2D eigenvalue weighted by molar-refractivity contribution is 0.0936. The molecule has 0 radical (unpaired) electrons. The van der Waals surface area contributed by atoms with Crippen molar-refractivity contribution in [3.8, 4) is 17.3 Å². The number of hydrogen-bond acceptors (Lipinski definition) is 5. The number of hydrogen-bond donors (Lipinski definition) is 1. The van der Waals surface area contributed by atoms with Crippen LogP contribution in [0.25, 0.3) is 17.3 Å². The number of aromatic nitrogens is 4. The quantitative estimate of drug-likeness (QED) is 0.297. The summed E-state index contributed by atoms with van der Waals surface area (Å²) in [6.07, 6.45) is 2.94. The lowest BCUT2D eigenvalue weighted by Crippen LogP contribution is -2.30. The van der Waals surface area contributed by atoms with Crippen LogP contribution in [0.2, 0.25) is 0 Å². The highest BCUT2D eigenvalue weighted by molar-refractivity contribution is 5.95. The van der Waals surface area contributed by atoms with Gasteiger partial charge in [-0.2, -0.15) is 5.10 Å². The molecule has 1 fully saturated rings. The van der Waals surface area contributed by atoms with Crippen molar-refractivity contribution in [2.24, 2.45) is 0 Å². The van der Waals surface area contributed by atoms with E-state index in [9.17, 15) is 4.79 Å². The van der Waals surface area contributed by atoms with Gasteiger partial charge in [-0.15, -0.1) is 10.2 Å². The first-order valence-electron chi connectivity index (χ1n) is 12.5. The molecule has 1 aliphatic carbocycles. The molecule has 1 N–H and O–H groups in total. The lowest BCUT2D eigenvalue weighted by Gasteiger charge is -2.20. The van der Waals surface area contributed by atoms with E-state index in [1.807, 2.05) is 71.4 Å². The van der Waals surface area contributed by atoms with Crippen molar-refractivity contribution >= 4 is 5.91 Å². The molecule has 1 saturated carbocycles. The van der Waals surface area contributed by atoms with Crippen molar-refractivity contribution in [3.63, 3.8) is 0 Å². The maximum atomic E-state index is 13.5. The van der Waals surface area contributed by atoms with Gasteiger partial charge < -0.3 is 9.73 Å². The van der Waals surface area contributed by atoms with Gasteiger partial charge in [0, 0.05) is 24.1 Å². The number of nitrogens with zero attached hydrogens (tertiary/aromatic N) is 4. The fraction of sp³-hybridized carbons (Fsp3) is 0.200. The second kappa shape index (κ2) is 9.85. The Morgan fingerprint density at radius 2 is 1.73 bits per heavy atom. The zero-order valence-electron chi connectivity index (χ0n) is 20.5. The molecule has 0 aliphatic heterocycles. The van der Waals surface area contributed by atoms with Crippen molar-refractivity contribution in [3.05, 3.63) is 119 Å². The molecule has 1 amide bonds. The summed E-state index contributed by atoms with van der Waals surface area (Å²) in [5.41, 5.74) is 5.38. The first-order valence-corrected chi connectivity index (χ1v) is 12.5. The van der Waals surface area contributed by atoms with E-state index >= 15 is 0 Å². The van der Waals surface area contributed by atoms with Crippen molar-refractivity contribution in [2.45, 2.75) is 38.1 Å². The summed E-state index contributed by atoms with van der Waals surface area (Å²) in [6, 6.07) is 29.8. The molecule has 7 nitrogen and oxygen atoms in total. The Kier molecular flexibility index (Phi) is 6.10. The lowest BCUT2D eigenvalue weighted by atomic mass is 9.98. The Morgan fingerprint density at radius 3 is 2.43 bits per heavy atom. The minimum Gasteiger partial charge on any atom is -0.420 e. The maximum Gasteiger partial charge on any atom is 0.268 e. The smallest absolute Gasteiger partial charge is 0.268 e. The van der Waals surface area contributed by atoms with Gasteiger partial charge in [-0.05, 0) is 54.7 Å². The predicted molar refractivity (Wildman–Crippen MR) is 140 cm³/mol. The van der Waals surface area contributed by atoms with Crippen LogP contribution in [-0.4, -0.2) is 25.9 Å². The molecule has 184 valence electrons. The van der Waals surface area contributed by atoms with E-state index in [2.05, 4.69) is 39.8 Å². The summed E-state index contributed by atoms with van der Waals surface area (Å²) in [5.74, 6) is 1.22. The molecule has 6 rings (SSSR count). The Labute approximate surface area is 215 Å². The average Bonchev–Trinajstić information content (AvgIpc) is 3.54. The van der Waals surface area contributed by atoms with E-state index in [1.165, 1.54) is 5.56 Å². The van der Waals surface area contributed by atoms with Crippen LogP contribution in [0.4, 0.5) is 0 Å². The first kappa shape index (κ1) is 22.9. The number of carbonyl (C=O) groups excluding carboxylic acids is 1. The normalized spacial score (nSPS) is 13.9. The zero-order valence-corrected chi connectivity index (χ0v) is 20.5. The molecular weight excluding hydrogens is 462 g/mol. The van der Waals surface area contributed by atoms with Gasteiger partial charge in [0.05, 0.1) is 11.7 Å². The summed E-state index contributed by atoms with van der Waals surface area (Å²) in [7, 11) is 0. The van der Waals surface area contributed by atoms with E-state index in [1.54, 1.807) is 6.92 Å². The van der Waals surface area contributed by atoms with Gasteiger partial charge in [0.25, 0.3) is 11.8 Å². The van der Waals surface area contributed by atoms with Gasteiger partial charge in [0.1, 0.15) is 5.69 Å². The predicted octanol–water partition coefficient (Wildman–Crippen LogP) is 5.82. The third kappa shape index (κ3) is 5.07. The second-order valence-electron chi connectivity index (χ2n) is 9.44. The van der Waals surface area contributed by atoms with Crippen molar-refractivity contribution in [2.75, 3.05) is 0 Å². The summed E-state index contributed by atoms with van der Waals surface area (Å²) >= 11 is 0. The fourth-order valence-corrected chi connectivity index (χ4v) is 4.58. The summed E-state index contributed by atoms with van der Waals surface area (Å²) < 4.78 is 7.51. The zero-order chi connectivity index (χ0) is 25.2. The van der Waals surface area contributed by atoms with Crippen molar-refractivity contribution in [1.82, 2.24) is 25.3 Å². The average molecular weight is 490 g/mol. The molecule has 0 saturated heterocycles. The van der Waals surface area contributed by atoms with Crippen LogP contribution in [-0.2, 0) is 6.42 Å². The number of rotatable bonds is 8. The highest BCUT2D eigenvalue weighted by atomic mass is 16.4. The van der Waals surface area contributed by atoms with E-state index in [0.29, 0.717) is 35.4 Å². The van der Waals surface area contributed by atoms with Gasteiger partial charge in [0.15, 0.2) is 0 Å². The summed E-state index contributed by atoms with van der Waals surface area (Å²) in [4.78, 5) is 13.5. The van der Waals surface area contributed by atoms with Crippen LogP contribution in [0, 0.1) is 6.92 Å². The van der Waals surface area contributed by atoms with Gasteiger partial charge in [-0.25, -0.2) is 4.68 Å². The third-order valence-corrected chi connectivity index (χ3v) is 6.62. The fourth-order valence-electron chi connectivity index (χ4n) is 4.58. The van der Waals surface area contributed by atoms with Crippen LogP contribution >= 0.6 is 0 Å². The van der Waals surface area contributed by atoms with Crippen LogP contribution in [0.15, 0.2) is 95.4 Å². The number of amides is 1. The SMILES string of the molecule is Cc1nnc(-c2cc(C3CC3)n(-c3cccc(C(=O)N[C@@H](Cc4ccccc4)c4ccccc4)c3)n2)o1. The van der Waals surface area contributed by atoms with Gasteiger partial charge in [-0.3, -0.25) is 4.79 Å². The molecule has 2 heterocycles. The van der Waals surface area contributed by atoms with E-state index < -0.39 is 0 Å². The van der Waals surface area contributed by atoms with Gasteiger partial charge in [0.2, 0.25) is 5.89 Å². The summed E-state index contributed by atoms with van der Waals surface area (Å²) in [6.45, 7) is 1.76. The van der Waals surface area contributed by atoms with Crippen LogP contribution in [0.5, 0.6) is 0 Å². The molecule has 1 aliphatic rings. The number of nitrogens with one attached hydrogen (secondary N) is 1. The van der Waals surface area contributed by atoms with E-state index in [4.69, 9.17) is 9.52 Å². The molecule has 7 heteroatoms. The van der Waals surface area contributed by atoms with Crippen molar-refractivity contribution in [1.29, 1.82) is 0 Å². The topological polar surface area (TPSA) is 85.8 Å². The van der Waals surface area contributed by atoms with Crippen LogP contribution in [0.1, 0.15) is 57.9 Å². The number of carbonyl (C=O) groups is 1. The van der Waals surface area contributed by atoms with Crippen molar-refractivity contribution < 1.29 is 9.21 Å². The Balaban J connectivity index is 1.29. The molecule has 3 aromatic carbocycles.